The maximum absolute atomic E-state index is 11.1. The zero-order valence-corrected chi connectivity index (χ0v) is 8.20. The SMILES string of the molecule is CCOC(=O)C(C#N)=C(C)SC. The van der Waals surface area contributed by atoms with E-state index in [4.69, 9.17) is 5.26 Å². The van der Waals surface area contributed by atoms with Crippen LogP contribution in [-0.2, 0) is 9.53 Å². The number of nitriles is 1. The van der Waals surface area contributed by atoms with Gasteiger partial charge in [0.1, 0.15) is 11.6 Å². The molecule has 3 nitrogen and oxygen atoms in total. The Balaban J connectivity index is 4.59. The molecular weight excluding hydrogens is 174 g/mol. The Morgan fingerprint density at radius 2 is 2.25 bits per heavy atom. The molecule has 0 heterocycles. The summed E-state index contributed by atoms with van der Waals surface area (Å²) < 4.78 is 4.69. The molecule has 0 fully saturated rings. The van der Waals surface area contributed by atoms with Crippen molar-refractivity contribution in [3.05, 3.63) is 10.5 Å². The minimum Gasteiger partial charge on any atom is -0.462 e. The van der Waals surface area contributed by atoms with Gasteiger partial charge in [0, 0.05) is 4.91 Å². The average Bonchev–Trinajstić information content (AvgIpc) is 2.06. The molecule has 66 valence electrons. The van der Waals surface area contributed by atoms with E-state index in [1.807, 2.05) is 12.3 Å². The second kappa shape index (κ2) is 5.67. The van der Waals surface area contributed by atoms with Crippen LogP contribution in [0.25, 0.3) is 0 Å². The number of ether oxygens (including phenoxy) is 1. The molecule has 0 saturated carbocycles. The van der Waals surface area contributed by atoms with E-state index in [1.54, 1.807) is 13.8 Å². The molecule has 0 bridgehead atoms. The number of allylic oxidation sites excluding steroid dienone is 1. The van der Waals surface area contributed by atoms with Crippen LogP contribution in [0.3, 0.4) is 0 Å². The summed E-state index contributed by atoms with van der Waals surface area (Å²) in [5, 5.41) is 8.60. The molecular formula is C8H11NO2S. The van der Waals surface area contributed by atoms with Crippen LogP contribution in [0.2, 0.25) is 0 Å². The Bertz CT molecular complexity index is 240. The maximum atomic E-state index is 11.1. The monoisotopic (exact) mass is 185 g/mol. The second-order valence-corrected chi connectivity index (χ2v) is 2.99. The van der Waals surface area contributed by atoms with Gasteiger partial charge in [-0.1, -0.05) is 0 Å². The fraction of sp³-hybridized carbons (Fsp3) is 0.500. The van der Waals surface area contributed by atoms with Gasteiger partial charge in [-0.25, -0.2) is 4.79 Å². The van der Waals surface area contributed by atoms with Crippen molar-refractivity contribution in [1.29, 1.82) is 5.26 Å². The molecule has 12 heavy (non-hydrogen) atoms. The molecule has 0 aliphatic carbocycles. The Hall–Kier alpha value is -0.950. The predicted molar refractivity (Wildman–Crippen MR) is 48.5 cm³/mol. The minimum absolute atomic E-state index is 0.101. The molecule has 0 atom stereocenters. The zero-order chi connectivity index (χ0) is 9.56. The Kier molecular flexibility index (Phi) is 5.22. The van der Waals surface area contributed by atoms with Crippen molar-refractivity contribution in [2.24, 2.45) is 0 Å². The highest BCUT2D eigenvalue weighted by molar-refractivity contribution is 8.02. The lowest BCUT2D eigenvalue weighted by atomic mass is 10.3. The molecule has 0 rings (SSSR count). The zero-order valence-electron chi connectivity index (χ0n) is 7.38. The first-order valence-electron chi connectivity index (χ1n) is 3.49. The molecule has 0 spiro atoms. The van der Waals surface area contributed by atoms with Gasteiger partial charge in [0.25, 0.3) is 0 Å². The van der Waals surface area contributed by atoms with E-state index in [9.17, 15) is 4.79 Å². The van der Waals surface area contributed by atoms with Crippen molar-refractivity contribution < 1.29 is 9.53 Å². The van der Waals surface area contributed by atoms with Crippen LogP contribution >= 0.6 is 11.8 Å². The van der Waals surface area contributed by atoms with E-state index < -0.39 is 5.97 Å². The van der Waals surface area contributed by atoms with Gasteiger partial charge in [-0.15, -0.1) is 11.8 Å². The molecule has 0 aliphatic rings. The Morgan fingerprint density at radius 1 is 1.67 bits per heavy atom. The Morgan fingerprint density at radius 3 is 2.58 bits per heavy atom. The van der Waals surface area contributed by atoms with Crippen molar-refractivity contribution in [2.45, 2.75) is 13.8 Å². The third-order valence-electron chi connectivity index (χ3n) is 1.25. The van der Waals surface area contributed by atoms with Crippen LogP contribution in [0, 0.1) is 11.3 Å². The number of thioether (sulfide) groups is 1. The standard InChI is InChI=1S/C8H11NO2S/c1-4-11-8(10)7(5-9)6(2)12-3/h4H2,1-3H3. The van der Waals surface area contributed by atoms with Gasteiger partial charge in [0.15, 0.2) is 0 Å². The lowest BCUT2D eigenvalue weighted by Gasteiger charge is -2.01. The first-order chi connectivity index (χ1) is 5.67. The highest BCUT2D eigenvalue weighted by Gasteiger charge is 2.12. The van der Waals surface area contributed by atoms with Crippen LogP contribution in [0.4, 0.5) is 0 Å². The average molecular weight is 185 g/mol. The number of hydrogen-bond acceptors (Lipinski definition) is 4. The highest BCUT2D eigenvalue weighted by atomic mass is 32.2. The topological polar surface area (TPSA) is 50.1 Å². The van der Waals surface area contributed by atoms with Crippen molar-refractivity contribution in [2.75, 3.05) is 12.9 Å². The van der Waals surface area contributed by atoms with Gasteiger partial charge in [-0.2, -0.15) is 5.26 Å². The molecule has 0 aliphatic heterocycles. The van der Waals surface area contributed by atoms with E-state index in [-0.39, 0.29) is 5.57 Å². The van der Waals surface area contributed by atoms with Gasteiger partial charge < -0.3 is 4.74 Å². The molecule has 0 amide bonds. The van der Waals surface area contributed by atoms with Crippen LogP contribution in [-0.4, -0.2) is 18.8 Å². The molecule has 0 aromatic carbocycles. The smallest absolute Gasteiger partial charge is 0.349 e. The van der Waals surface area contributed by atoms with Gasteiger partial charge >= 0.3 is 5.97 Å². The predicted octanol–water partition coefficient (Wildman–Crippen LogP) is 1.71. The maximum Gasteiger partial charge on any atom is 0.349 e. The third-order valence-corrected chi connectivity index (χ3v) is 2.07. The summed E-state index contributed by atoms with van der Waals surface area (Å²) in [5.74, 6) is -0.535. The molecule has 0 aromatic heterocycles. The van der Waals surface area contributed by atoms with E-state index in [1.165, 1.54) is 11.8 Å². The van der Waals surface area contributed by atoms with E-state index in [0.717, 1.165) is 0 Å². The Labute approximate surface area is 76.4 Å². The van der Waals surface area contributed by atoms with Crippen LogP contribution in [0.15, 0.2) is 10.5 Å². The first-order valence-corrected chi connectivity index (χ1v) is 4.71. The summed E-state index contributed by atoms with van der Waals surface area (Å²) in [4.78, 5) is 11.7. The van der Waals surface area contributed by atoms with Crippen LogP contribution in [0.1, 0.15) is 13.8 Å². The van der Waals surface area contributed by atoms with Crippen molar-refractivity contribution >= 4 is 17.7 Å². The summed E-state index contributed by atoms with van der Waals surface area (Å²) in [5.41, 5.74) is 0.101. The number of carbonyl (C=O) groups excluding carboxylic acids is 1. The summed E-state index contributed by atoms with van der Waals surface area (Å²) in [6.45, 7) is 3.73. The molecule has 0 radical (unpaired) electrons. The van der Waals surface area contributed by atoms with Crippen LogP contribution < -0.4 is 0 Å². The number of nitrogens with zero attached hydrogens (tertiary/aromatic N) is 1. The van der Waals surface area contributed by atoms with Crippen molar-refractivity contribution in [3.8, 4) is 6.07 Å². The number of esters is 1. The van der Waals surface area contributed by atoms with Crippen molar-refractivity contribution in [1.82, 2.24) is 0 Å². The van der Waals surface area contributed by atoms with Crippen molar-refractivity contribution in [3.63, 3.8) is 0 Å². The largest absolute Gasteiger partial charge is 0.462 e. The highest BCUT2D eigenvalue weighted by Crippen LogP contribution is 2.16. The summed E-state index contributed by atoms with van der Waals surface area (Å²) in [6, 6.07) is 1.82. The fourth-order valence-electron chi connectivity index (χ4n) is 0.573. The number of carbonyl (C=O) groups is 1. The van der Waals surface area contributed by atoms with Gasteiger partial charge in [0.2, 0.25) is 0 Å². The molecule has 0 N–H and O–H groups in total. The minimum atomic E-state index is -0.535. The van der Waals surface area contributed by atoms with Crippen LogP contribution in [0.5, 0.6) is 0 Å². The number of rotatable bonds is 3. The summed E-state index contributed by atoms with van der Waals surface area (Å²) >= 11 is 1.37. The number of hydrogen-bond donors (Lipinski definition) is 0. The third kappa shape index (κ3) is 2.97. The van der Waals surface area contributed by atoms with E-state index in [2.05, 4.69) is 4.74 Å². The first kappa shape index (κ1) is 11.1. The second-order valence-electron chi connectivity index (χ2n) is 1.97. The normalized spacial score (nSPS) is 11.5. The molecule has 0 saturated heterocycles. The molecule has 0 unspecified atom stereocenters. The van der Waals surface area contributed by atoms with E-state index >= 15 is 0 Å². The lowest BCUT2D eigenvalue weighted by Crippen LogP contribution is -2.07. The lowest BCUT2D eigenvalue weighted by molar-refractivity contribution is -0.138. The summed E-state index contributed by atoms with van der Waals surface area (Å²) in [7, 11) is 0. The molecule has 4 heteroatoms. The van der Waals surface area contributed by atoms with Gasteiger partial charge in [0.05, 0.1) is 6.61 Å². The quantitative estimate of drug-likeness (QED) is 0.381. The summed E-state index contributed by atoms with van der Waals surface area (Å²) in [6.07, 6.45) is 1.81. The van der Waals surface area contributed by atoms with Gasteiger partial charge in [-0.3, -0.25) is 0 Å². The van der Waals surface area contributed by atoms with E-state index in [0.29, 0.717) is 11.5 Å². The fourth-order valence-corrected chi connectivity index (χ4v) is 0.907. The molecule has 0 aromatic rings. The van der Waals surface area contributed by atoms with Gasteiger partial charge in [-0.05, 0) is 20.1 Å².